The number of carbonyl (C=O) groups excluding carboxylic acids is 2. The van der Waals surface area contributed by atoms with E-state index in [1.54, 1.807) is 14.0 Å². The van der Waals surface area contributed by atoms with Gasteiger partial charge in [-0.15, -0.1) is 0 Å². The second-order valence-electron chi connectivity index (χ2n) is 4.30. The number of rotatable bonds is 11. The second-order valence-corrected chi connectivity index (χ2v) is 4.30. The summed E-state index contributed by atoms with van der Waals surface area (Å²) in [5.74, 6) is -0.716. The van der Waals surface area contributed by atoms with E-state index < -0.39 is 12.0 Å². The number of hydrogen-bond donors (Lipinski definition) is 1. The van der Waals surface area contributed by atoms with Crippen LogP contribution in [0.5, 0.6) is 0 Å². The van der Waals surface area contributed by atoms with Crippen LogP contribution in [0.4, 0.5) is 0 Å². The van der Waals surface area contributed by atoms with E-state index in [9.17, 15) is 9.59 Å². The van der Waals surface area contributed by atoms with E-state index >= 15 is 0 Å². The minimum atomic E-state index is -0.642. The molecule has 2 N–H and O–H groups in total. The molecule has 1 atom stereocenters. The van der Waals surface area contributed by atoms with Crippen LogP contribution < -0.4 is 5.73 Å². The number of esters is 1. The van der Waals surface area contributed by atoms with E-state index in [-0.39, 0.29) is 19.1 Å². The van der Waals surface area contributed by atoms with Crippen molar-refractivity contribution in [3.05, 3.63) is 0 Å². The average Bonchev–Trinajstić information content (AvgIpc) is 2.43. The number of hydrogen-bond acceptors (Lipinski definition) is 6. The van der Waals surface area contributed by atoms with Crippen molar-refractivity contribution >= 4 is 11.9 Å². The Kier molecular flexibility index (Phi) is 10.9. The average molecular weight is 290 g/mol. The van der Waals surface area contributed by atoms with Gasteiger partial charge >= 0.3 is 5.97 Å². The molecule has 0 bridgehead atoms. The first-order valence-electron chi connectivity index (χ1n) is 6.74. The summed E-state index contributed by atoms with van der Waals surface area (Å²) < 4.78 is 14.7. The molecule has 0 rings (SSSR count). The summed E-state index contributed by atoms with van der Waals surface area (Å²) in [7, 11) is 3.13. The SMILES string of the molecule is CCOC(=O)CN(CCOC)C(=O)C(N)CCCOC. The highest BCUT2D eigenvalue weighted by Crippen LogP contribution is 2.02. The molecular weight excluding hydrogens is 264 g/mol. The molecule has 0 aliphatic rings. The summed E-state index contributed by atoms with van der Waals surface area (Å²) in [4.78, 5) is 25.0. The molecule has 0 radical (unpaired) electrons. The van der Waals surface area contributed by atoms with Gasteiger partial charge in [0.1, 0.15) is 6.54 Å². The van der Waals surface area contributed by atoms with Crippen LogP contribution in [0.25, 0.3) is 0 Å². The molecule has 0 aliphatic heterocycles. The first-order chi connectivity index (χ1) is 9.56. The highest BCUT2D eigenvalue weighted by molar-refractivity contribution is 5.85. The molecule has 0 saturated heterocycles. The standard InChI is InChI=1S/C13H26N2O5/c1-4-20-12(16)10-15(7-9-19-3)13(17)11(14)6-5-8-18-2/h11H,4-10,14H2,1-3H3. The summed E-state index contributed by atoms with van der Waals surface area (Å²) >= 11 is 0. The number of nitrogens with zero attached hydrogens (tertiary/aromatic N) is 1. The maximum absolute atomic E-state index is 12.2. The van der Waals surface area contributed by atoms with Gasteiger partial charge in [-0.1, -0.05) is 0 Å². The molecule has 0 saturated carbocycles. The molecule has 0 spiro atoms. The summed E-state index contributed by atoms with van der Waals surface area (Å²) in [6, 6.07) is -0.642. The third-order valence-corrected chi connectivity index (χ3v) is 2.68. The summed E-state index contributed by atoms with van der Waals surface area (Å²) in [6.07, 6.45) is 1.21. The van der Waals surface area contributed by atoms with Crippen molar-refractivity contribution in [2.75, 3.05) is 47.1 Å². The highest BCUT2D eigenvalue weighted by atomic mass is 16.5. The monoisotopic (exact) mass is 290 g/mol. The van der Waals surface area contributed by atoms with Crippen LogP contribution in [0.15, 0.2) is 0 Å². The van der Waals surface area contributed by atoms with Gasteiger partial charge in [0, 0.05) is 27.4 Å². The van der Waals surface area contributed by atoms with Crippen LogP contribution in [0.1, 0.15) is 19.8 Å². The smallest absolute Gasteiger partial charge is 0.325 e. The van der Waals surface area contributed by atoms with Crippen molar-refractivity contribution in [1.29, 1.82) is 0 Å². The molecule has 1 unspecified atom stereocenters. The summed E-state index contributed by atoms with van der Waals surface area (Å²) in [5.41, 5.74) is 5.84. The van der Waals surface area contributed by atoms with Gasteiger partial charge in [0.15, 0.2) is 0 Å². The van der Waals surface area contributed by atoms with Gasteiger partial charge in [0.05, 0.1) is 19.3 Å². The van der Waals surface area contributed by atoms with Gasteiger partial charge < -0.3 is 24.8 Å². The molecule has 118 valence electrons. The molecule has 0 aromatic heterocycles. The number of carbonyl (C=O) groups is 2. The first-order valence-corrected chi connectivity index (χ1v) is 6.74. The Morgan fingerprint density at radius 2 is 1.85 bits per heavy atom. The van der Waals surface area contributed by atoms with Gasteiger partial charge in [-0.2, -0.15) is 0 Å². The fourth-order valence-electron chi connectivity index (χ4n) is 1.64. The Hall–Kier alpha value is -1.18. The number of methoxy groups -OCH3 is 2. The van der Waals surface area contributed by atoms with Crippen LogP contribution in [-0.4, -0.2) is 69.9 Å². The Bertz CT molecular complexity index is 286. The van der Waals surface area contributed by atoms with E-state index in [1.807, 2.05) is 0 Å². The zero-order valence-electron chi connectivity index (χ0n) is 12.6. The molecule has 0 aromatic carbocycles. The van der Waals surface area contributed by atoms with Gasteiger partial charge in [-0.3, -0.25) is 9.59 Å². The molecule has 20 heavy (non-hydrogen) atoms. The molecule has 0 aliphatic carbocycles. The lowest BCUT2D eigenvalue weighted by Gasteiger charge is -2.24. The van der Waals surface area contributed by atoms with Crippen molar-refractivity contribution < 1.29 is 23.8 Å². The number of ether oxygens (including phenoxy) is 3. The molecule has 1 amide bonds. The van der Waals surface area contributed by atoms with Crippen molar-refractivity contribution in [2.24, 2.45) is 5.73 Å². The minimum Gasteiger partial charge on any atom is -0.465 e. The fraction of sp³-hybridized carbons (Fsp3) is 0.846. The highest BCUT2D eigenvalue weighted by Gasteiger charge is 2.23. The van der Waals surface area contributed by atoms with Crippen LogP contribution in [0.2, 0.25) is 0 Å². The minimum absolute atomic E-state index is 0.103. The number of amides is 1. The Balaban J connectivity index is 4.41. The van der Waals surface area contributed by atoms with Crippen LogP contribution >= 0.6 is 0 Å². The van der Waals surface area contributed by atoms with Crippen LogP contribution in [0, 0.1) is 0 Å². The Morgan fingerprint density at radius 1 is 1.20 bits per heavy atom. The molecule has 7 nitrogen and oxygen atoms in total. The number of nitrogens with two attached hydrogens (primary N) is 1. The lowest BCUT2D eigenvalue weighted by atomic mass is 10.1. The Morgan fingerprint density at radius 3 is 2.40 bits per heavy atom. The van der Waals surface area contributed by atoms with Crippen molar-refractivity contribution in [1.82, 2.24) is 4.90 Å². The lowest BCUT2D eigenvalue weighted by molar-refractivity contribution is -0.149. The maximum atomic E-state index is 12.2. The van der Waals surface area contributed by atoms with Gasteiger partial charge in [0.2, 0.25) is 5.91 Å². The molecule has 0 heterocycles. The van der Waals surface area contributed by atoms with E-state index in [0.717, 1.165) is 0 Å². The van der Waals surface area contributed by atoms with Crippen molar-refractivity contribution in [3.63, 3.8) is 0 Å². The van der Waals surface area contributed by atoms with E-state index in [1.165, 1.54) is 12.0 Å². The lowest BCUT2D eigenvalue weighted by Crippen LogP contribution is -2.47. The quantitative estimate of drug-likeness (QED) is 0.418. The fourth-order valence-corrected chi connectivity index (χ4v) is 1.64. The normalized spacial score (nSPS) is 12.0. The predicted molar refractivity (Wildman–Crippen MR) is 74.2 cm³/mol. The van der Waals surface area contributed by atoms with E-state index in [2.05, 4.69) is 0 Å². The molecular formula is C13H26N2O5. The van der Waals surface area contributed by atoms with Crippen LogP contribution in [0.3, 0.4) is 0 Å². The van der Waals surface area contributed by atoms with Gasteiger partial charge in [0.25, 0.3) is 0 Å². The van der Waals surface area contributed by atoms with Crippen LogP contribution in [-0.2, 0) is 23.8 Å². The largest absolute Gasteiger partial charge is 0.465 e. The maximum Gasteiger partial charge on any atom is 0.325 e. The zero-order chi connectivity index (χ0) is 15.4. The van der Waals surface area contributed by atoms with E-state index in [4.69, 9.17) is 19.9 Å². The van der Waals surface area contributed by atoms with Crippen molar-refractivity contribution in [3.8, 4) is 0 Å². The Labute approximate surface area is 120 Å². The molecule has 0 aromatic rings. The topological polar surface area (TPSA) is 91.1 Å². The summed E-state index contributed by atoms with van der Waals surface area (Å²) in [5, 5.41) is 0. The molecule has 7 heteroatoms. The van der Waals surface area contributed by atoms with Gasteiger partial charge in [-0.05, 0) is 19.8 Å². The molecule has 0 fully saturated rings. The second kappa shape index (κ2) is 11.6. The van der Waals surface area contributed by atoms with Crippen molar-refractivity contribution in [2.45, 2.75) is 25.8 Å². The third kappa shape index (κ3) is 8.08. The summed E-state index contributed by atoms with van der Waals surface area (Å²) in [6.45, 7) is 3.10. The third-order valence-electron chi connectivity index (χ3n) is 2.68. The zero-order valence-corrected chi connectivity index (χ0v) is 12.6. The first kappa shape index (κ1) is 18.8. The van der Waals surface area contributed by atoms with E-state index in [0.29, 0.717) is 32.6 Å². The van der Waals surface area contributed by atoms with Gasteiger partial charge in [-0.25, -0.2) is 0 Å². The predicted octanol–water partition coefficient (Wildman–Crippen LogP) is -0.222.